The quantitative estimate of drug-likeness (QED) is 0.472. The van der Waals surface area contributed by atoms with Crippen LogP contribution in [0.3, 0.4) is 0 Å². The van der Waals surface area contributed by atoms with Crippen LogP contribution in [0.25, 0.3) is 0 Å². The Hall–Kier alpha value is -1.37. The molecule has 1 aliphatic rings. The SMILES string of the molecule is C=CCP(=O)(O)CCC1CC(O)C(O)C(Oc2ccc(OC)cc2)O1. The fourth-order valence-corrected chi connectivity index (χ4v) is 3.90. The fourth-order valence-electron chi connectivity index (χ4n) is 2.63. The number of aliphatic hydroxyl groups excluding tert-OH is 2. The number of benzene rings is 1. The molecule has 3 N–H and O–H groups in total. The molecule has 0 spiro atoms. The lowest BCUT2D eigenvalue weighted by molar-refractivity contribution is -0.235. The Morgan fingerprint density at radius 3 is 2.56 bits per heavy atom. The summed E-state index contributed by atoms with van der Waals surface area (Å²) in [6.45, 7) is 3.47. The van der Waals surface area contributed by atoms with Gasteiger partial charge in [-0.05, 0) is 30.7 Å². The van der Waals surface area contributed by atoms with E-state index >= 15 is 0 Å². The van der Waals surface area contributed by atoms with Gasteiger partial charge < -0.3 is 29.3 Å². The van der Waals surface area contributed by atoms with E-state index in [1.165, 1.54) is 6.08 Å². The minimum Gasteiger partial charge on any atom is -0.497 e. The van der Waals surface area contributed by atoms with Crippen LogP contribution < -0.4 is 9.47 Å². The van der Waals surface area contributed by atoms with Crippen molar-refractivity contribution in [3.05, 3.63) is 36.9 Å². The maximum absolute atomic E-state index is 11.9. The van der Waals surface area contributed by atoms with Crippen molar-refractivity contribution < 1.29 is 33.9 Å². The van der Waals surface area contributed by atoms with E-state index in [9.17, 15) is 19.7 Å². The van der Waals surface area contributed by atoms with Gasteiger partial charge in [0, 0.05) is 18.7 Å². The second-order valence-electron chi connectivity index (χ2n) is 6.04. The van der Waals surface area contributed by atoms with Crippen molar-refractivity contribution in [1.29, 1.82) is 0 Å². The van der Waals surface area contributed by atoms with Gasteiger partial charge in [0.1, 0.15) is 17.6 Å². The van der Waals surface area contributed by atoms with Gasteiger partial charge in [-0.3, -0.25) is 4.57 Å². The average Bonchev–Trinajstić information content (AvgIpc) is 2.58. The highest BCUT2D eigenvalue weighted by molar-refractivity contribution is 7.58. The van der Waals surface area contributed by atoms with Crippen LogP contribution in [0.4, 0.5) is 0 Å². The number of allylic oxidation sites excluding steroid dienone is 1. The standard InChI is InChI=1S/C17H25O7P/c1-3-9-25(20,21)10-8-14-11-15(18)16(19)17(24-14)23-13-6-4-12(22-2)5-7-13/h3-7,14-19H,1,8-11H2,2H3,(H,20,21). The second kappa shape index (κ2) is 8.83. The van der Waals surface area contributed by atoms with Crippen molar-refractivity contribution in [2.45, 2.75) is 37.4 Å². The highest BCUT2D eigenvalue weighted by atomic mass is 31.2. The lowest BCUT2D eigenvalue weighted by Gasteiger charge is -2.37. The van der Waals surface area contributed by atoms with Crippen molar-refractivity contribution in [3.8, 4) is 11.5 Å². The third kappa shape index (κ3) is 5.83. The predicted octanol–water partition coefficient (Wildman–Crippen LogP) is 1.76. The molecule has 0 aromatic heterocycles. The summed E-state index contributed by atoms with van der Waals surface area (Å²) in [5, 5.41) is 20.1. The van der Waals surface area contributed by atoms with E-state index in [-0.39, 0.29) is 25.2 Å². The first kappa shape index (κ1) is 19.9. The molecule has 1 fully saturated rings. The zero-order valence-electron chi connectivity index (χ0n) is 14.2. The Labute approximate surface area is 147 Å². The van der Waals surface area contributed by atoms with Gasteiger partial charge in [-0.15, -0.1) is 6.58 Å². The molecule has 0 bridgehead atoms. The molecule has 0 saturated carbocycles. The summed E-state index contributed by atoms with van der Waals surface area (Å²) in [7, 11) is -1.73. The third-order valence-electron chi connectivity index (χ3n) is 4.03. The summed E-state index contributed by atoms with van der Waals surface area (Å²) >= 11 is 0. The molecule has 5 atom stereocenters. The van der Waals surface area contributed by atoms with E-state index in [1.807, 2.05) is 0 Å². The fraction of sp³-hybridized carbons (Fsp3) is 0.529. The van der Waals surface area contributed by atoms with Crippen LogP contribution in [0.2, 0.25) is 0 Å². The van der Waals surface area contributed by atoms with Crippen molar-refractivity contribution in [1.82, 2.24) is 0 Å². The number of hydrogen-bond acceptors (Lipinski definition) is 6. The van der Waals surface area contributed by atoms with Gasteiger partial charge in [0.2, 0.25) is 13.7 Å². The molecule has 1 aliphatic heterocycles. The predicted molar refractivity (Wildman–Crippen MR) is 93.3 cm³/mol. The topological polar surface area (TPSA) is 105 Å². The Morgan fingerprint density at radius 2 is 1.96 bits per heavy atom. The van der Waals surface area contributed by atoms with Gasteiger partial charge in [0.25, 0.3) is 0 Å². The maximum atomic E-state index is 11.9. The maximum Gasteiger partial charge on any atom is 0.228 e. The van der Waals surface area contributed by atoms with Crippen LogP contribution in [0.1, 0.15) is 12.8 Å². The lowest BCUT2D eigenvalue weighted by atomic mass is 10.0. The molecular formula is C17H25O7P. The Kier molecular flexibility index (Phi) is 7.04. The third-order valence-corrected chi connectivity index (χ3v) is 5.82. The van der Waals surface area contributed by atoms with Crippen LogP contribution in [0.5, 0.6) is 11.5 Å². The number of hydrogen-bond donors (Lipinski definition) is 3. The normalized spacial score (nSPS) is 28.8. The van der Waals surface area contributed by atoms with E-state index in [2.05, 4.69) is 6.58 Å². The number of rotatable bonds is 8. The molecule has 2 rings (SSSR count). The summed E-state index contributed by atoms with van der Waals surface area (Å²) < 4.78 is 28.3. The van der Waals surface area contributed by atoms with E-state index < -0.39 is 32.0 Å². The van der Waals surface area contributed by atoms with E-state index in [4.69, 9.17) is 14.2 Å². The molecule has 1 heterocycles. The molecule has 25 heavy (non-hydrogen) atoms. The molecule has 5 unspecified atom stereocenters. The summed E-state index contributed by atoms with van der Waals surface area (Å²) in [6.07, 6.45) is -1.79. The second-order valence-corrected chi connectivity index (χ2v) is 8.55. The zero-order valence-corrected chi connectivity index (χ0v) is 15.0. The Bertz CT molecular complexity index is 604. The van der Waals surface area contributed by atoms with Crippen LogP contribution in [-0.4, -0.2) is 59.1 Å². The van der Waals surface area contributed by atoms with Gasteiger partial charge in [-0.25, -0.2) is 0 Å². The highest BCUT2D eigenvalue weighted by Crippen LogP contribution is 2.42. The smallest absolute Gasteiger partial charge is 0.228 e. The monoisotopic (exact) mass is 372 g/mol. The molecular weight excluding hydrogens is 347 g/mol. The molecule has 1 aromatic carbocycles. The molecule has 0 radical (unpaired) electrons. The highest BCUT2D eigenvalue weighted by Gasteiger charge is 2.38. The number of methoxy groups -OCH3 is 1. The van der Waals surface area contributed by atoms with Gasteiger partial charge in [-0.1, -0.05) is 6.08 Å². The van der Waals surface area contributed by atoms with E-state index in [0.29, 0.717) is 11.5 Å². The van der Waals surface area contributed by atoms with Gasteiger partial charge in [0.05, 0.1) is 19.3 Å². The summed E-state index contributed by atoms with van der Waals surface area (Å²) in [5.41, 5.74) is 0. The van der Waals surface area contributed by atoms with Gasteiger partial charge >= 0.3 is 0 Å². The molecule has 140 valence electrons. The van der Waals surface area contributed by atoms with Crippen molar-refractivity contribution in [2.75, 3.05) is 19.4 Å². The van der Waals surface area contributed by atoms with E-state index in [1.54, 1.807) is 31.4 Å². The largest absolute Gasteiger partial charge is 0.497 e. The lowest BCUT2D eigenvalue weighted by Crippen LogP contribution is -2.51. The molecule has 1 saturated heterocycles. The van der Waals surface area contributed by atoms with Crippen molar-refractivity contribution >= 4 is 7.37 Å². The molecule has 1 aromatic rings. The summed E-state index contributed by atoms with van der Waals surface area (Å²) in [4.78, 5) is 9.79. The first-order valence-corrected chi connectivity index (χ1v) is 10.1. The first-order chi connectivity index (χ1) is 11.8. The van der Waals surface area contributed by atoms with E-state index in [0.717, 1.165) is 0 Å². The van der Waals surface area contributed by atoms with Crippen LogP contribution in [0, 0.1) is 0 Å². The minimum absolute atomic E-state index is 0.0384. The Morgan fingerprint density at radius 1 is 1.32 bits per heavy atom. The first-order valence-electron chi connectivity index (χ1n) is 8.08. The summed E-state index contributed by atoms with van der Waals surface area (Å²) in [5.74, 6) is 1.12. The van der Waals surface area contributed by atoms with Crippen LogP contribution >= 0.6 is 7.37 Å². The number of aliphatic hydroxyl groups is 2. The van der Waals surface area contributed by atoms with Crippen LogP contribution in [0.15, 0.2) is 36.9 Å². The summed E-state index contributed by atoms with van der Waals surface area (Å²) in [6, 6.07) is 6.74. The van der Waals surface area contributed by atoms with Gasteiger partial charge in [0.15, 0.2) is 0 Å². The van der Waals surface area contributed by atoms with Crippen LogP contribution in [-0.2, 0) is 9.30 Å². The van der Waals surface area contributed by atoms with Gasteiger partial charge in [-0.2, -0.15) is 0 Å². The minimum atomic E-state index is -3.29. The number of ether oxygens (including phenoxy) is 3. The van der Waals surface area contributed by atoms with Crippen molar-refractivity contribution in [2.24, 2.45) is 0 Å². The molecule has 7 nitrogen and oxygen atoms in total. The molecule has 0 aliphatic carbocycles. The molecule has 8 heteroatoms. The average molecular weight is 372 g/mol. The Balaban J connectivity index is 1.97. The zero-order chi connectivity index (χ0) is 18.4. The van der Waals surface area contributed by atoms with Crippen molar-refractivity contribution in [3.63, 3.8) is 0 Å². The molecule has 0 amide bonds.